The molecule has 2 N–H and O–H groups in total. The van der Waals surface area contributed by atoms with Gasteiger partial charge in [-0.2, -0.15) is 9.78 Å². The summed E-state index contributed by atoms with van der Waals surface area (Å²) in [7, 11) is 0. The van der Waals surface area contributed by atoms with Gasteiger partial charge in [0.25, 0.3) is 5.56 Å². The zero-order valence-corrected chi connectivity index (χ0v) is 14.6. The molecule has 24 heavy (non-hydrogen) atoms. The lowest BCUT2D eigenvalue weighted by Gasteiger charge is -2.16. The lowest BCUT2D eigenvalue weighted by Crippen LogP contribution is -2.19. The van der Waals surface area contributed by atoms with Gasteiger partial charge in [0, 0.05) is 24.4 Å². The molecule has 6 nitrogen and oxygen atoms in total. The topological polar surface area (TPSA) is 75.6 Å². The van der Waals surface area contributed by atoms with Crippen LogP contribution in [0.1, 0.15) is 56.8 Å². The SMILES string of the molecule is CCc1cc(=O)[nH]c(-n2nc(C)cc2NCC2CCCCCC2)n1. The number of nitrogens with one attached hydrogen (secondary N) is 2. The van der Waals surface area contributed by atoms with Crippen molar-refractivity contribution in [3.05, 3.63) is 33.9 Å². The summed E-state index contributed by atoms with van der Waals surface area (Å²) < 4.78 is 1.71. The first-order valence-corrected chi connectivity index (χ1v) is 9.07. The zero-order chi connectivity index (χ0) is 16.9. The largest absolute Gasteiger partial charge is 0.370 e. The van der Waals surface area contributed by atoms with Gasteiger partial charge in [0.05, 0.1) is 5.69 Å². The van der Waals surface area contributed by atoms with E-state index in [0.717, 1.165) is 30.2 Å². The van der Waals surface area contributed by atoms with E-state index in [0.29, 0.717) is 11.9 Å². The Hall–Kier alpha value is -2.11. The minimum Gasteiger partial charge on any atom is -0.370 e. The van der Waals surface area contributed by atoms with Crippen LogP contribution in [-0.2, 0) is 6.42 Å². The molecule has 2 aromatic heterocycles. The second-order valence-corrected chi connectivity index (χ2v) is 6.74. The number of aromatic amines is 1. The summed E-state index contributed by atoms with van der Waals surface area (Å²) in [6.07, 6.45) is 8.70. The van der Waals surface area contributed by atoms with Gasteiger partial charge in [-0.1, -0.05) is 32.6 Å². The zero-order valence-electron chi connectivity index (χ0n) is 14.6. The second kappa shape index (κ2) is 7.64. The van der Waals surface area contributed by atoms with Crippen molar-refractivity contribution in [2.75, 3.05) is 11.9 Å². The summed E-state index contributed by atoms with van der Waals surface area (Å²) in [5, 5.41) is 8.03. The van der Waals surface area contributed by atoms with Gasteiger partial charge in [-0.15, -0.1) is 0 Å². The quantitative estimate of drug-likeness (QED) is 0.826. The number of H-pyrrole nitrogens is 1. The van der Waals surface area contributed by atoms with Crippen molar-refractivity contribution in [1.29, 1.82) is 0 Å². The molecule has 0 aliphatic heterocycles. The van der Waals surface area contributed by atoms with Crippen LogP contribution in [0.3, 0.4) is 0 Å². The Kier molecular flexibility index (Phi) is 5.33. The fourth-order valence-electron chi connectivity index (χ4n) is 3.38. The van der Waals surface area contributed by atoms with Gasteiger partial charge in [-0.05, 0) is 32.1 Å². The number of hydrogen-bond acceptors (Lipinski definition) is 4. The van der Waals surface area contributed by atoms with Gasteiger partial charge >= 0.3 is 0 Å². The van der Waals surface area contributed by atoms with Gasteiger partial charge in [0.2, 0.25) is 5.95 Å². The highest BCUT2D eigenvalue weighted by Crippen LogP contribution is 2.23. The number of aromatic nitrogens is 4. The molecule has 1 fully saturated rings. The summed E-state index contributed by atoms with van der Waals surface area (Å²) >= 11 is 0. The van der Waals surface area contributed by atoms with Crippen molar-refractivity contribution in [3.8, 4) is 5.95 Å². The summed E-state index contributed by atoms with van der Waals surface area (Å²) in [6.45, 7) is 4.89. The highest BCUT2D eigenvalue weighted by atomic mass is 16.1. The number of anilines is 1. The minimum absolute atomic E-state index is 0.139. The first-order valence-electron chi connectivity index (χ1n) is 9.07. The predicted molar refractivity (Wildman–Crippen MR) is 95.8 cm³/mol. The van der Waals surface area contributed by atoms with Gasteiger partial charge < -0.3 is 5.32 Å². The Labute approximate surface area is 142 Å². The van der Waals surface area contributed by atoms with Crippen LogP contribution in [0.2, 0.25) is 0 Å². The van der Waals surface area contributed by atoms with Crippen molar-refractivity contribution >= 4 is 5.82 Å². The van der Waals surface area contributed by atoms with Crippen molar-refractivity contribution in [3.63, 3.8) is 0 Å². The predicted octanol–water partition coefficient (Wildman–Crippen LogP) is 3.21. The smallest absolute Gasteiger partial charge is 0.252 e. The maximum atomic E-state index is 11.8. The molecule has 1 aliphatic carbocycles. The molecule has 3 rings (SSSR count). The second-order valence-electron chi connectivity index (χ2n) is 6.74. The number of nitrogens with zero attached hydrogens (tertiary/aromatic N) is 3. The maximum absolute atomic E-state index is 11.8. The van der Waals surface area contributed by atoms with E-state index in [1.54, 1.807) is 10.7 Å². The van der Waals surface area contributed by atoms with E-state index >= 15 is 0 Å². The van der Waals surface area contributed by atoms with Crippen LogP contribution in [-0.4, -0.2) is 26.3 Å². The van der Waals surface area contributed by atoms with Crippen LogP contribution in [0.15, 0.2) is 16.9 Å². The van der Waals surface area contributed by atoms with Crippen LogP contribution in [0.4, 0.5) is 5.82 Å². The molecule has 0 radical (unpaired) electrons. The fraction of sp³-hybridized carbons (Fsp3) is 0.611. The molecule has 0 spiro atoms. The number of rotatable bonds is 5. The molecule has 1 aliphatic rings. The van der Waals surface area contributed by atoms with Gasteiger partial charge in [0.1, 0.15) is 5.82 Å². The molecule has 0 atom stereocenters. The third kappa shape index (κ3) is 4.04. The summed E-state index contributed by atoms with van der Waals surface area (Å²) in [5.41, 5.74) is 1.54. The average Bonchev–Trinajstić information content (AvgIpc) is 2.77. The Morgan fingerprint density at radius 2 is 2.00 bits per heavy atom. The molecule has 130 valence electrons. The van der Waals surface area contributed by atoms with E-state index in [1.165, 1.54) is 38.5 Å². The highest BCUT2D eigenvalue weighted by molar-refractivity contribution is 5.41. The Balaban J connectivity index is 1.80. The van der Waals surface area contributed by atoms with E-state index in [-0.39, 0.29) is 5.56 Å². The summed E-state index contributed by atoms with van der Waals surface area (Å²) in [4.78, 5) is 19.2. The molecule has 0 saturated heterocycles. The molecule has 0 amide bonds. The molecule has 0 aromatic carbocycles. The van der Waals surface area contributed by atoms with E-state index in [2.05, 4.69) is 20.4 Å². The summed E-state index contributed by atoms with van der Waals surface area (Å²) in [6, 6.07) is 3.55. The molecular formula is C18H27N5O. The Bertz CT molecular complexity index is 725. The van der Waals surface area contributed by atoms with Gasteiger partial charge in [-0.25, -0.2) is 4.98 Å². The normalized spacial score (nSPS) is 16.1. The average molecular weight is 329 g/mol. The van der Waals surface area contributed by atoms with Crippen LogP contribution in [0, 0.1) is 12.8 Å². The van der Waals surface area contributed by atoms with Gasteiger partial charge in [-0.3, -0.25) is 9.78 Å². The maximum Gasteiger partial charge on any atom is 0.252 e. The molecule has 0 unspecified atom stereocenters. The van der Waals surface area contributed by atoms with Crippen molar-refractivity contribution in [2.24, 2.45) is 5.92 Å². The van der Waals surface area contributed by atoms with Crippen molar-refractivity contribution in [2.45, 2.75) is 58.8 Å². The Morgan fingerprint density at radius 3 is 2.71 bits per heavy atom. The van der Waals surface area contributed by atoms with Crippen LogP contribution in [0.25, 0.3) is 5.95 Å². The van der Waals surface area contributed by atoms with Crippen LogP contribution >= 0.6 is 0 Å². The monoisotopic (exact) mass is 329 g/mol. The summed E-state index contributed by atoms with van der Waals surface area (Å²) in [5.74, 6) is 2.09. The van der Waals surface area contributed by atoms with E-state index in [9.17, 15) is 4.79 Å². The van der Waals surface area contributed by atoms with Crippen LogP contribution in [0.5, 0.6) is 0 Å². The van der Waals surface area contributed by atoms with E-state index < -0.39 is 0 Å². The molecule has 1 saturated carbocycles. The van der Waals surface area contributed by atoms with Gasteiger partial charge in [0.15, 0.2) is 0 Å². The lowest BCUT2D eigenvalue weighted by molar-refractivity contribution is 0.482. The minimum atomic E-state index is -0.139. The molecular weight excluding hydrogens is 302 g/mol. The lowest BCUT2D eigenvalue weighted by atomic mass is 10.0. The highest BCUT2D eigenvalue weighted by Gasteiger charge is 2.15. The molecule has 0 bridgehead atoms. The number of hydrogen-bond donors (Lipinski definition) is 2. The van der Waals surface area contributed by atoms with Crippen molar-refractivity contribution in [1.82, 2.24) is 19.7 Å². The Morgan fingerprint density at radius 1 is 1.25 bits per heavy atom. The molecule has 2 heterocycles. The van der Waals surface area contributed by atoms with Crippen molar-refractivity contribution < 1.29 is 0 Å². The third-order valence-corrected chi connectivity index (χ3v) is 4.72. The fourth-order valence-corrected chi connectivity index (χ4v) is 3.38. The standard InChI is InChI=1S/C18H27N5O/c1-3-15-11-17(24)21-18(20-15)23-16(10-13(2)22-23)19-12-14-8-6-4-5-7-9-14/h10-11,14,19H,3-9,12H2,1-2H3,(H,20,21,24). The van der Waals surface area contributed by atoms with E-state index in [1.807, 2.05) is 19.9 Å². The molecule has 2 aromatic rings. The van der Waals surface area contributed by atoms with E-state index in [4.69, 9.17) is 0 Å². The number of aryl methyl sites for hydroxylation is 2. The first kappa shape index (κ1) is 16.7. The molecule has 6 heteroatoms. The third-order valence-electron chi connectivity index (χ3n) is 4.72. The van der Waals surface area contributed by atoms with Crippen LogP contribution < -0.4 is 10.9 Å². The first-order chi connectivity index (χ1) is 11.7.